The first-order valence-electron chi connectivity index (χ1n) is 11.7. The number of ketones is 2. The Bertz CT molecular complexity index is 1710. The van der Waals surface area contributed by atoms with Crippen LogP contribution in [0, 0.1) is 5.41 Å². The number of carbonyl (C=O) groups excluding carboxylic acids is 3. The van der Waals surface area contributed by atoms with Gasteiger partial charge in [0, 0.05) is 28.2 Å². The van der Waals surface area contributed by atoms with Crippen molar-refractivity contribution in [3.8, 4) is 11.3 Å². The van der Waals surface area contributed by atoms with E-state index in [1.807, 2.05) is 75.4 Å². The summed E-state index contributed by atoms with van der Waals surface area (Å²) < 4.78 is 7.43. The van der Waals surface area contributed by atoms with Crippen molar-refractivity contribution in [1.29, 1.82) is 0 Å². The number of hydrogen-bond donors (Lipinski definition) is 0. The van der Waals surface area contributed by atoms with Crippen molar-refractivity contribution in [2.75, 3.05) is 0 Å². The molecule has 6 nitrogen and oxygen atoms in total. The molecule has 3 aromatic carbocycles. The highest BCUT2D eigenvalue weighted by molar-refractivity contribution is 6.42. The molecule has 1 aliphatic rings. The van der Waals surface area contributed by atoms with Crippen LogP contribution in [0.3, 0.4) is 0 Å². The minimum atomic E-state index is -0.741. The Morgan fingerprint density at radius 1 is 0.861 bits per heavy atom. The first-order valence-corrected chi connectivity index (χ1v) is 11.7. The second kappa shape index (κ2) is 7.71. The number of allylic oxidation sites excluding steroid dienone is 1. The van der Waals surface area contributed by atoms with E-state index in [-0.39, 0.29) is 34.6 Å². The Kier molecular flexibility index (Phi) is 4.70. The molecule has 36 heavy (non-hydrogen) atoms. The number of Topliss-reactive ketones (excluding diaryl/α,β-unsaturated/α-hetero) is 2. The maximum Gasteiger partial charge on any atom is 0.246 e. The number of nitrogens with zero attached hydrogens (tertiary/aromatic N) is 2. The minimum absolute atomic E-state index is 0.0146. The number of furan rings is 1. The molecular formula is C30H22N2O4. The normalized spacial score (nSPS) is 13.6. The van der Waals surface area contributed by atoms with Gasteiger partial charge in [-0.15, -0.1) is 0 Å². The molecule has 0 saturated heterocycles. The van der Waals surface area contributed by atoms with E-state index in [4.69, 9.17) is 4.42 Å². The van der Waals surface area contributed by atoms with Crippen LogP contribution in [0.5, 0.6) is 0 Å². The third-order valence-electron chi connectivity index (χ3n) is 6.42. The summed E-state index contributed by atoms with van der Waals surface area (Å²) in [6, 6.07) is 22.4. The van der Waals surface area contributed by atoms with Crippen molar-refractivity contribution >= 4 is 45.6 Å². The fourth-order valence-corrected chi connectivity index (χ4v) is 4.55. The summed E-state index contributed by atoms with van der Waals surface area (Å²) in [5.41, 5.74) is 1.57. The van der Waals surface area contributed by atoms with Crippen LogP contribution in [0.25, 0.3) is 39.4 Å². The summed E-state index contributed by atoms with van der Waals surface area (Å²) in [4.78, 5) is 44.6. The number of imidazole rings is 1. The van der Waals surface area contributed by atoms with Crippen LogP contribution in [-0.4, -0.2) is 27.0 Å². The van der Waals surface area contributed by atoms with Crippen molar-refractivity contribution in [3.05, 3.63) is 95.3 Å². The van der Waals surface area contributed by atoms with Crippen LogP contribution in [0.1, 0.15) is 52.1 Å². The average molecular weight is 475 g/mol. The van der Waals surface area contributed by atoms with Gasteiger partial charge in [-0.2, -0.15) is 4.98 Å². The Labute approximate surface area is 206 Å². The van der Waals surface area contributed by atoms with Crippen molar-refractivity contribution in [1.82, 2.24) is 9.55 Å². The van der Waals surface area contributed by atoms with E-state index >= 15 is 0 Å². The van der Waals surface area contributed by atoms with E-state index in [0.717, 1.165) is 16.3 Å². The molecule has 2 heterocycles. The monoisotopic (exact) mass is 474 g/mol. The molecule has 6 rings (SSSR count). The van der Waals surface area contributed by atoms with Gasteiger partial charge < -0.3 is 4.42 Å². The fraction of sp³-hybridized carbons (Fsp3) is 0.133. The summed E-state index contributed by atoms with van der Waals surface area (Å²) in [6.45, 7) is 5.43. The lowest BCUT2D eigenvalue weighted by Gasteiger charge is -2.18. The van der Waals surface area contributed by atoms with Crippen molar-refractivity contribution < 1.29 is 18.8 Å². The minimum Gasteiger partial charge on any atom is -0.436 e. The van der Waals surface area contributed by atoms with Gasteiger partial charge in [0.1, 0.15) is 17.1 Å². The van der Waals surface area contributed by atoms with Crippen LogP contribution in [-0.2, 0) is 0 Å². The largest absolute Gasteiger partial charge is 0.436 e. The van der Waals surface area contributed by atoms with Gasteiger partial charge >= 0.3 is 0 Å². The molecule has 0 N–H and O–H groups in total. The molecule has 0 unspecified atom stereocenters. The number of fused-ring (bicyclic) bond motifs is 3. The average Bonchev–Trinajstić information content (AvgIpc) is 3.49. The quantitative estimate of drug-likeness (QED) is 0.213. The zero-order valence-corrected chi connectivity index (χ0v) is 20.0. The number of carbonyl (C=O) groups is 3. The zero-order chi connectivity index (χ0) is 25.2. The lowest BCUT2D eigenvalue weighted by Crippen LogP contribution is -2.27. The van der Waals surface area contributed by atoms with Gasteiger partial charge in [-0.3, -0.25) is 19.0 Å². The molecule has 0 radical (unpaired) electrons. The third kappa shape index (κ3) is 3.33. The maximum absolute atomic E-state index is 13.5. The van der Waals surface area contributed by atoms with Gasteiger partial charge in [0.15, 0.2) is 11.6 Å². The number of benzene rings is 3. The number of aromatic nitrogens is 2. The maximum atomic E-state index is 13.5. The molecule has 6 heteroatoms. The fourth-order valence-electron chi connectivity index (χ4n) is 4.55. The van der Waals surface area contributed by atoms with Gasteiger partial charge in [0.05, 0.1) is 5.57 Å². The summed E-state index contributed by atoms with van der Waals surface area (Å²) in [6.07, 6.45) is 1.41. The van der Waals surface area contributed by atoms with Gasteiger partial charge in [-0.1, -0.05) is 75.4 Å². The van der Waals surface area contributed by atoms with E-state index in [1.165, 1.54) is 10.6 Å². The molecule has 0 spiro atoms. The van der Waals surface area contributed by atoms with E-state index in [0.29, 0.717) is 22.4 Å². The predicted octanol–water partition coefficient (Wildman–Crippen LogP) is 6.60. The predicted molar refractivity (Wildman–Crippen MR) is 138 cm³/mol. The summed E-state index contributed by atoms with van der Waals surface area (Å²) >= 11 is 0. The molecule has 5 aromatic rings. The molecule has 0 atom stereocenters. The lowest BCUT2D eigenvalue weighted by molar-refractivity contribution is 0.0770. The highest BCUT2D eigenvalue weighted by Crippen LogP contribution is 2.34. The Morgan fingerprint density at radius 3 is 2.03 bits per heavy atom. The van der Waals surface area contributed by atoms with Crippen LogP contribution in [0.2, 0.25) is 0 Å². The first kappa shape index (κ1) is 21.9. The first-order chi connectivity index (χ1) is 17.2. The molecule has 0 aliphatic heterocycles. The van der Waals surface area contributed by atoms with Gasteiger partial charge in [0.2, 0.25) is 11.6 Å². The SMILES string of the molecule is CC(C)(C)C(=O)n1c(C=C2C(=O)c3cc4ccccc4cc3C2=O)nc2oc(-c3ccccc3)cc21. The van der Waals surface area contributed by atoms with E-state index in [1.54, 1.807) is 18.2 Å². The van der Waals surface area contributed by atoms with Crippen LogP contribution >= 0.6 is 0 Å². The van der Waals surface area contributed by atoms with Crippen molar-refractivity contribution in [2.45, 2.75) is 20.8 Å². The standard InChI is InChI=1S/C30H22N2O4/c1-30(2,3)29(35)32-23-16-24(17-9-5-4-6-10-17)36-28(23)31-25(32)15-22-26(33)20-13-18-11-7-8-12-19(18)14-21(20)27(22)34/h4-16H,1-3H3. The topological polar surface area (TPSA) is 82.2 Å². The molecule has 1 aliphatic carbocycles. The van der Waals surface area contributed by atoms with Gasteiger partial charge in [0.25, 0.3) is 0 Å². The molecule has 0 saturated carbocycles. The Morgan fingerprint density at radius 2 is 1.44 bits per heavy atom. The highest BCUT2D eigenvalue weighted by Gasteiger charge is 2.35. The van der Waals surface area contributed by atoms with E-state index in [2.05, 4.69) is 4.98 Å². The molecular weight excluding hydrogens is 452 g/mol. The van der Waals surface area contributed by atoms with E-state index in [9.17, 15) is 14.4 Å². The third-order valence-corrected chi connectivity index (χ3v) is 6.42. The summed E-state index contributed by atoms with van der Waals surface area (Å²) in [5, 5.41) is 1.77. The smallest absolute Gasteiger partial charge is 0.246 e. The molecule has 176 valence electrons. The summed E-state index contributed by atoms with van der Waals surface area (Å²) in [7, 11) is 0. The molecule has 2 aromatic heterocycles. The second-order valence-corrected chi connectivity index (χ2v) is 9.99. The number of hydrogen-bond acceptors (Lipinski definition) is 5. The number of rotatable bonds is 2. The van der Waals surface area contributed by atoms with Gasteiger partial charge in [-0.05, 0) is 29.0 Å². The van der Waals surface area contributed by atoms with Crippen LogP contribution in [0.15, 0.2) is 82.8 Å². The van der Waals surface area contributed by atoms with Gasteiger partial charge in [-0.25, -0.2) is 0 Å². The van der Waals surface area contributed by atoms with Crippen molar-refractivity contribution in [2.24, 2.45) is 5.41 Å². The van der Waals surface area contributed by atoms with Crippen molar-refractivity contribution in [3.63, 3.8) is 0 Å². The Hall–Kier alpha value is -4.58. The van der Waals surface area contributed by atoms with Crippen LogP contribution in [0.4, 0.5) is 0 Å². The van der Waals surface area contributed by atoms with E-state index < -0.39 is 5.41 Å². The van der Waals surface area contributed by atoms with Crippen LogP contribution < -0.4 is 0 Å². The Balaban J connectivity index is 1.52. The highest BCUT2D eigenvalue weighted by atomic mass is 16.3. The summed E-state index contributed by atoms with van der Waals surface area (Å²) in [5.74, 6) is -0.203. The molecule has 0 amide bonds. The second-order valence-electron chi connectivity index (χ2n) is 9.99. The molecule has 0 bridgehead atoms. The lowest BCUT2D eigenvalue weighted by atomic mass is 9.95. The molecule has 0 fully saturated rings. The zero-order valence-electron chi connectivity index (χ0n) is 20.0.